The van der Waals surface area contributed by atoms with Gasteiger partial charge in [0.25, 0.3) is 0 Å². The van der Waals surface area contributed by atoms with Crippen LogP contribution >= 0.6 is 0 Å². The maximum Gasteiger partial charge on any atom is 0.340 e. The van der Waals surface area contributed by atoms with Gasteiger partial charge in [0.05, 0.1) is 12.2 Å². The van der Waals surface area contributed by atoms with E-state index in [0.717, 1.165) is 19.3 Å². The van der Waals surface area contributed by atoms with Gasteiger partial charge in [-0.1, -0.05) is 65.2 Å². The summed E-state index contributed by atoms with van der Waals surface area (Å²) in [5.74, 6) is -0.276. The summed E-state index contributed by atoms with van der Waals surface area (Å²) >= 11 is 0. The first-order valence-electron chi connectivity index (χ1n) is 9.79. The Kier molecular flexibility index (Phi) is 11.8. The molecule has 4 nitrogen and oxygen atoms in total. The van der Waals surface area contributed by atoms with Crippen LogP contribution in [0.3, 0.4) is 0 Å². The van der Waals surface area contributed by atoms with E-state index in [1.807, 2.05) is 6.92 Å². The number of phenols is 1. The Balaban J connectivity index is 2.21. The number of carbonyl (C=O) groups is 1. The van der Waals surface area contributed by atoms with Gasteiger partial charge in [-0.15, -0.1) is 0 Å². The number of benzene rings is 1. The maximum absolute atomic E-state index is 12.1. The average molecular weight is 350 g/mol. The first-order valence-corrected chi connectivity index (χ1v) is 9.79. The largest absolute Gasteiger partial charge is 0.508 e. The van der Waals surface area contributed by atoms with E-state index >= 15 is 0 Å². The fraction of sp³-hybridized carbons (Fsp3) is 0.667. The van der Waals surface area contributed by atoms with E-state index in [2.05, 4.69) is 6.92 Å². The summed E-state index contributed by atoms with van der Waals surface area (Å²) in [7, 11) is 0. The van der Waals surface area contributed by atoms with Crippen molar-refractivity contribution in [1.29, 1.82) is 0 Å². The van der Waals surface area contributed by atoms with Gasteiger partial charge in [-0.25, -0.2) is 4.79 Å². The molecule has 0 saturated heterocycles. The molecule has 4 heteroatoms. The Morgan fingerprint density at radius 1 is 0.920 bits per heavy atom. The lowest BCUT2D eigenvalue weighted by Gasteiger charge is -2.18. The van der Waals surface area contributed by atoms with Crippen molar-refractivity contribution in [3.05, 3.63) is 29.8 Å². The van der Waals surface area contributed by atoms with Crippen LogP contribution in [0.15, 0.2) is 24.3 Å². The number of unbranched alkanes of at least 4 members (excludes halogenated alkanes) is 7. The zero-order valence-electron chi connectivity index (χ0n) is 15.8. The Morgan fingerprint density at radius 3 is 2.12 bits per heavy atom. The highest BCUT2D eigenvalue weighted by Gasteiger charge is 2.15. The number of phenolic OH excluding ortho intramolecular Hbond substituents is 1. The van der Waals surface area contributed by atoms with Gasteiger partial charge >= 0.3 is 5.97 Å². The van der Waals surface area contributed by atoms with E-state index in [1.54, 1.807) is 12.1 Å². The molecule has 0 bridgehead atoms. The summed E-state index contributed by atoms with van der Waals surface area (Å²) < 4.78 is 11.2. The van der Waals surface area contributed by atoms with E-state index in [-0.39, 0.29) is 5.75 Å². The molecule has 1 N–H and O–H groups in total. The van der Waals surface area contributed by atoms with E-state index in [0.29, 0.717) is 18.6 Å². The molecule has 1 aromatic carbocycles. The van der Waals surface area contributed by atoms with Crippen LogP contribution in [0.1, 0.15) is 88.4 Å². The van der Waals surface area contributed by atoms with Crippen LogP contribution in [0.5, 0.6) is 5.75 Å². The standard InChI is InChI=1S/C21H34O4/c1-3-5-6-7-8-9-10-11-17-24-20(12-4-2)25-21(23)18-13-15-19(22)16-14-18/h13-16,20,22H,3-12,17H2,1-2H3. The SMILES string of the molecule is CCCCCCCCCCOC(CCC)OC(=O)c1ccc(O)cc1. The van der Waals surface area contributed by atoms with Gasteiger partial charge in [0.15, 0.2) is 0 Å². The fourth-order valence-corrected chi connectivity index (χ4v) is 2.65. The third-order valence-corrected chi connectivity index (χ3v) is 4.17. The first kappa shape index (κ1) is 21.5. The molecule has 1 unspecified atom stereocenters. The second kappa shape index (κ2) is 13.7. The highest BCUT2D eigenvalue weighted by atomic mass is 16.7. The maximum atomic E-state index is 12.1. The summed E-state index contributed by atoms with van der Waals surface area (Å²) in [5, 5.41) is 9.28. The fourth-order valence-electron chi connectivity index (χ4n) is 2.65. The predicted molar refractivity (Wildman–Crippen MR) is 101 cm³/mol. The molecule has 0 heterocycles. The van der Waals surface area contributed by atoms with Crippen molar-refractivity contribution < 1.29 is 19.4 Å². The van der Waals surface area contributed by atoms with Gasteiger partial charge in [0, 0.05) is 6.42 Å². The summed E-state index contributed by atoms with van der Waals surface area (Å²) in [6, 6.07) is 6.07. The summed E-state index contributed by atoms with van der Waals surface area (Å²) in [6.07, 6.45) is 11.1. The van der Waals surface area contributed by atoms with Gasteiger partial charge in [0.2, 0.25) is 6.29 Å². The van der Waals surface area contributed by atoms with Crippen molar-refractivity contribution in [2.24, 2.45) is 0 Å². The molecular weight excluding hydrogens is 316 g/mol. The monoisotopic (exact) mass is 350 g/mol. The van der Waals surface area contributed by atoms with Gasteiger partial charge in [-0.2, -0.15) is 0 Å². The van der Waals surface area contributed by atoms with E-state index < -0.39 is 12.3 Å². The molecule has 0 saturated carbocycles. The van der Waals surface area contributed by atoms with Gasteiger partial charge in [0.1, 0.15) is 5.75 Å². The molecule has 0 radical (unpaired) electrons. The molecule has 0 fully saturated rings. The number of carbonyl (C=O) groups excluding carboxylic acids is 1. The van der Waals surface area contributed by atoms with Crippen molar-refractivity contribution in [3.63, 3.8) is 0 Å². The molecule has 0 amide bonds. The number of ether oxygens (including phenoxy) is 2. The number of hydrogen-bond donors (Lipinski definition) is 1. The zero-order chi connectivity index (χ0) is 18.3. The molecule has 0 spiro atoms. The van der Waals surface area contributed by atoms with Crippen molar-refractivity contribution in [1.82, 2.24) is 0 Å². The van der Waals surface area contributed by atoms with E-state index in [4.69, 9.17) is 9.47 Å². The predicted octanol–water partition coefficient (Wildman–Crippen LogP) is 5.83. The van der Waals surface area contributed by atoms with Gasteiger partial charge in [-0.3, -0.25) is 0 Å². The molecular formula is C21H34O4. The minimum absolute atomic E-state index is 0.132. The Labute approximate surface area is 152 Å². The summed E-state index contributed by atoms with van der Waals surface area (Å²) in [6.45, 7) is 4.90. The normalized spacial score (nSPS) is 12.1. The molecule has 1 atom stereocenters. The molecule has 25 heavy (non-hydrogen) atoms. The third-order valence-electron chi connectivity index (χ3n) is 4.17. The Bertz CT molecular complexity index is 455. The van der Waals surface area contributed by atoms with E-state index in [9.17, 15) is 9.90 Å². The molecule has 1 aromatic rings. The molecule has 0 aliphatic heterocycles. The van der Waals surface area contributed by atoms with Crippen molar-refractivity contribution >= 4 is 5.97 Å². The molecule has 1 rings (SSSR count). The van der Waals surface area contributed by atoms with Crippen LogP contribution in [0, 0.1) is 0 Å². The third kappa shape index (κ3) is 10.1. The van der Waals surface area contributed by atoms with Gasteiger partial charge in [-0.05, 0) is 30.7 Å². The smallest absolute Gasteiger partial charge is 0.340 e. The van der Waals surface area contributed by atoms with Crippen LogP contribution in [0.25, 0.3) is 0 Å². The lowest BCUT2D eigenvalue weighted by atomic mass is 10.1. The zero-order valence-corrected chi connectivity index (χ0v) is 15.8. The Morgan fingerprint density at radius 2 is 1.52 bits per heavy atom. The van der Waals surface area contributed by atoms with Crippen LogP contribution in [0.4, 0.5) is 0 Å². The highest BCUT2D eigenvalue weighted by molar-refractivity contribution is 5.89. The quantitative estimate of drug-likeness (QED) is 0.260. The summed E-state index contributed by atoms with van der Waals surface area (Å²) in [4.78, 5) is 12.1. The molecule has 0 aliphatic rings. The topological polar surface area (TPSA) is 55.8 Å². The lowest BCUT2D eigenvalue weighted by molar-refractivity contribution is -0.114. The van der Waals surface area contributed by atoms with Crippen LogP contribution in [-0.2, 0) is 9.47 Å². The van der Waals surface area contributed by atoms with Crippen molar-refractivity contribution in [2.75, 3.05) is 6.61 Å². The minimum Gasteiger partial charge on any atom is -0.508 e. The second-order valence-electron chi connectivity index (χ2n) is 6.52. The molecule has 0 aromatic heterocycles. The highest BCUT2D eigenvalue weighted by Crippen LogP contribution is 2.14. The number of esters is 1. The summed E-state index contributed by atoms with van der Waals surface area (Å²) in [5.41, 5.74) is 0.426. The van der Waals surface area contributed by atoms with E-state index in [1.165, 1.54) is 50.7 Å². The first-order chi connectivity index (χ1) is 12.2. The Hall–Kier alpha value is -1.55. The minimum atomic E-state index is -0.490. The second-order valence-corrected chi connectivity index (χ2v) is 6.52. The van der Waals surface area contributed by atoms with Gasteiger partial charge < -0.3 is 14.6 Å². The van der Waals surface area contributed by atoms with Crippen LogP contribution in [-0.4, -0.2) is 24.0 Å². The van der Waals surface area contributed by atoms with Crippen molar-refractivity contribution in [3.8, 4) is 5.75 Å². The van der Waals surface area contributed by atoms with Crippen LogP contribution < -0.4 is 0 Å². The lowest BCUT2D eigenvalue weighted by Crippen LogP contribution is -2.22. The molecule has 142 valence electrons. The number of hydrogen-bond acceptors (Lipinski definition) is 4. The molecule has 0 aliphatic carbocycles. The average Bonchev–Trinajstić information content (AvgIpc) is 2.61. The number of aromatic hydroxyl groups is 1. The van der Waals surface area contributed by atoms with Crippen LogP contribution in [0.2, 0.25) is 0 Å². The van der Waals surface area contributed by atoms with Crippen molar-refractivity contribution in [2.45, 2.75) is 84.3 Å². The number of rotatable bonds is 14.